The normalized spacial score (nSPS) is 10.5. The van der Waals surface area contributed by atoms with Gasteiger partial charge >= 0.3 is 0 Å². The lowest BCUT2D eigenvalue weighted by Crippen LogP contribution is -2.21. The molecule has 0 fully saturated rings. The van der Waals surface area contributed by atoms with Gasteiger partial charge in [-0.15, -0.1) is 0 Å². The van der Waals surface area contributed by atoms with Crippen molar-refractivity contribution in [3.63, 3.8) is 0 Å². The highest BCUT2D eigenvalue weighted by molar-refractivity contribution is 5.96. The number of nitrogens with one attached hydrogen (secondary N) is 1. The minimum Gasteiger partial charge on any atom is -0.384 e. The van der Waals surface area contributed by atoms with Gasteiger partial charge in [0.15, 0.2) is 0 Å². The molecule has 0 radical (unpaired) electrons. The third kappa shape index (κ3) is 3.60. The molecular weight excluding hydrogens is 265 g/mol. The van der Waals surface area contributed by atoms with E-state index in [4.69, 9.17) is 11.1 Å². The van der Waals surface area contributed by atoms with Crippen LogP contribution in [0.4, 0.5) is 10.1 Å². The van der Waals surface area contributed by atoms with E-state index in [2.05, 4.69) is 36.9 Å². The summed E-state index contributed by atoms with van der Waals surface area (Å²) >= 11 is 0. The van der Waals surface area contributed by atoms with Crippen LogP contribution in [0.2, 0.25) is 0 Å². The van der Waals surface area contributed by atoms with Crippen LogP contribution in [0, 0.1) is 25.1 Å². The number of amidine groups is 1. The highest BCUT2D eigenvalue weighted by atomic mass is 19.1. The number of aryl methyl sites for hydroxylation is 2. The lowest BCUT2D eigenvalue weighted by atomic mass is 10.1. The summed E-state index contributed by atoms with van der Waals surface area (Å²) in [4.78, 5) is 2.07. The first-order valence-corrected chi connectivity index (χ1v) is 6.79. The second-order valence-corrected chi connectivity index (χ2v) is 5.42. The van der Waals surface area contributed by atoms with Crippen LogP contribution in [0.15, 0.2) is 36.4 Å². The summed E-state index contributed by atoms with van der Waals surface area (Å²) in [5.74, 6) is -0.490. The Morgan fingerprint density at radius 3 is 2.33 bits per heavy atom. The smallest absolute Gasteiger partial charge is 0.123 e. The van der Waals surface area contributed by atoms with E-state index in [0.717, 1.165) is 11.3 Å². The van der Waals surface area contributed by atoms with Crippen molar-refractivity contribution in [2.45, 2.75) is 20.4 Å². The summed E-state index contributed by atoms with van der Waals surface area (Å²) in [7, 11) is 1.97. The molecule has 2 rings (SSSR count). The van der Waals surface area contributed by atoms with Crippen LogP contribution in [0.25, 0.3) is 0 Å². The highest BCUT2D eigenvalue weighted by Crippen LogP contribution is 2.21. The highest BCUT2D eigenvalue weighted by Gasteiger charge is 2.10. The fourth-order valence-electron chi connectivity index (χ4n) is 2.46. The molecule has 0 aliphatic carbocycles. The average molecular weight is 285 g/mol. The Kier molecular flexibility index (Phi) is 4.26. The molecule has 3 nitrogen and oxygen atoms in total. The number of nitrogens with two attached hydrogens (primary N) is 1. The molecule has 0 bridgehead atoms. The van der Waals surface area contributed by atoms with Crippen molar-refractivity contribution < 1.29 is 4.39 Å². The Bertz CT molecular complexity index is 659. The standard InChI is InChI=1S/C17H20FN3/c1-11-6-12(2)8-15(7-11)21(3)10-13-4-5-14(18)9-16(13)17(19)20/h4-9H,10H2,1-3H3,(H3,19,20). The number of rotatable bonds is 4. The van der Waals surface area contributed by atoms with E-state index in [1.807, 2.05) is 7.05 Å². The van der Waals surface area contributed by atoms with Crippen LogP contribution in [0.3, 0.4) is 0 Å². The van der Waals surface area contributed by atoms with Crippen molar-refractivity contribution in [2.24, 2.45) is 5.73 Å². The first-order valence-electron chi connectivity index (χ1n) is 6.79. The van der Waals surface area contributed by atoms with E-state index in [1.165, 1.54) is 23.3 Å². The lowest BCUT2D eigenvalue weighted by Gasteiger charge is -2.22. The predicted octanol–water partition coefficient (Wildman–Crippen LogP) is 3.36. The predicted molar refractivity (Wildman–Crippen MR) is 85.4 cm³/mol. The molecule has 0 saturated heterocycles. The largest absolute Gasteiger partial charge is 0.384 e. The summed E-state index contributed by atoms with van der Waals surface area (Å²) in [6.07, 6.45) is 0. The van der Waals surface area contributed by atoms with Crippen molar-refractivity contribution in [3.8, 4) is 0 Å². The molecule has 3 N–H and O–H groups in total. The molecule has 2 aromatic rings. The van der Waals surface area contributed by atoms with E-state index in [9.17, 15) is 4.39 Å². The maximum absolute atomic E-state index is 13.3. The molecule has 21 heavy (non-hydrogen) atoms. The number of halogens is 1. The van der Waals surface area contributed by atoms with Gasteiger partial charge in [0.2, 0.25) is 0 Å². The monoisotopic (exact) mass is 285 g/mol. The van der Waals surface area contributed by atoms with Crippen molar-refractivity contribution in [3.05, 3.63) is 64.5 Å². The van der Waals surface area contributed by atoms with Crippen LogP contribution < -0.4 is 10.6 Å². The van der Waals surface area contributed by atoms with Gasteiger partial charge in [-0.1, -0.05) is 12.1 Å². The number of nitrogens with zero attached hydrogens (tertiary/aromatic N) is 1. The van der Waals surface area contributed by atoms with Gasteiger partial charge in [-0.05, 0) is 54.8 Å². The molecule has 0 aliphatic rings. The summed E-state index contributed by atoms with van der Waals surface area (Å²) in [6, 6.07) is 10.7. The van der Waals surface area contributed by atoms with Gasteiger partial charge < -0.3 is 10.6 Å². The number of anilines is 1. The van der Waals surface area contributed by atoms with E-state index in [-0.39, 0.29) is 11.7 Å². The van der Waals surface area contributed by atoms with Crippen molar-refractivity contribution in [1.29, 1.82) is 5.41 Å². The van der Waals surface area contributed by atoms with Crippen LogP contribution in [0.5, 0.6) is 0 Å². The van der Waals surface area contributed by atoms with Crippen molar-refractivity contribution in [1.82, 2.24) is 0 Å². The molecule has 0 saturated carbocycles. The Morgan fingerprint density at radius 1 is 1.14 bits per heavy atom. The SMILES string of the molecule is Cc1cc(C)cc(N(C)Cc2ccc(F)cc2C(=N)N)c1. The van der Waals surface area contributed by atoms with Crippen LogP contribution in [0.1, 0.15) is 22.3 Å². The van der Waals surface area contributed by atoms with E-state index >= 15 is 0 Å². The summed E-state index contributed by atoms with van der Waals surface area (Å²) in [5, 5.41) is 7.58. The van der Waals surface area contributed by atoms with Crippen LogP contribution in [-0.4, -0.2) is 12.9 Å². The average Bonchev–Trinajstić information content (AvgIpc) is 2.39. The Hall–Kier alpha value is -2.36. The Labute approximate surface area is 124 Å². The van der Waals surface area contributed by atoms with E-state index in [0.29, 0.717) is 12.1 Å². The lowest BCUT2D eigenvalue weighted by molar-refractivity contribution is 0.626. The van der Waals surface area contributed by atoms with Crippen LogP contribution in [-0.2, 0) is 6.54 Å². The molecule has 2 aromatic carbocycles. The summed E-state index contributed by atoms with van der Waals surface area (Å²) in [5.41, 5.74) is 10.3. The van der Waals surface area contributed by atoms with E-state index in [1.54, 1.807) is 6.07 Å². The van der Waals surface area contributed by atoms with E-state index < -0.39 is 0 Å². The molecule has 0 aliphatic heterocycles. The van der Waals surface area contributed by atoms with Gasteiger partial charge in [-0.25, -0.2) is 4.39 Å². The molecule has 0 heterocycles. The molecule has 110 valence electrons. The van der Waals surface area contributed by atoms with Gasteiger partial charge in [0, 0.05) is 24.8 Å². The second-order valence-electron chi connectivity index (χ2n) is 5.42. The molecule has 0 aromatic heterocycles. The molecule has 0 amide bonds. The minimum atomic E-state index is -0.377. The second kappa shape index (κ2) is 5.95. The van der Waals surface area contributed by atoms with Gasteiger partial charge in [0.25, 0.3) is 0 Å². The summed E-state index contributed by atoms with van der Waals surface area (Å²) in [6.45, 7) is 4.69. The summed E-state index contributed by atoms with van der Waals surface area (Å²) < 4.78 is 13.3. The quantitative estimate of drug-likeness (QED) is 0.668. The fraction of sp³-hybridized carbons (Fsp3) is 0.235. The minimum absolute atomic E-state index is 0.113. The number of benzene rings is 2. The Morgan fingerprint density at radius 2 is 1.76 bits per heavy atom. The fourth-order valence-corrected chi connectivity index (χ4v) is 2.46. The third-order valence-corrected chi connectivity index (χ3v) is 3.42. The number of nitrogen functional groups attached to an aromatic ring is 1. The molecular formula is C17H20FN3. The molecule has 0 spiro atoms. The maximum atomic E-state index is 13.3. The maximum Gasteiger partial charge on any atom is 0.123 e. The van der Waals surface area contributed by atoms with Gasteiger partial charge in [0.1, 0.15) is 11.7 Å². The third-order valence-electron chi connectivity index (χ3n) is 3.42. The van der Waals surface area contributed by atoms with Crippen molar-refractivity contribution >= 4 is 11.5 Å². The first kappa shape index (κ1) is 15.0. The van der Waals surface area contributed by atoms with Crippen LogP contribution >= 0.6 is 0 Å². The molecule has 0 unspecified atom stereocenters. The molecule has 4 heteroatoms. The van der Waals surface area contributed by atoms with Gasteiger partial charge in [0.05, 0.1) is 0 Å². The van der Waals surface area contributed by atoms with Gasteiger partial charge in [-0.2, -0.15) is 0 Å². The zero-order chi connectivity index (χ0) is 15.6. The zero-order valence-electron chi connectivity index (χ0n) is 12.6. The Balaban J connectivity index is 2.31. The number of hydrogen-bond donors (Lipinski definition) is 2. The topological polar surface area (TPSA) is 53.1 Å². The van der Waals surface area contributed by atoms with Gasteiger partial charge in [-0.3, -0.25) is 5.41 Å². The van der Waals surface area contributed by atoms with Crippen molar-refractivity contribution in [2.75, 3.05) is 11.9 Å². The first-order chi connectivity index (χ1) is 9.86. The molecule has 0 atom stereocenters. The number of hydrogen-bond acceptors (Lipinski definition) is 2. The zero-order valence-corrected chi connectivity index (χ0v) is 12.6.